The van der Waals surface area contributed by atoms with Crippen LogP contribution in [0.15, 0.2) is 30.3 Å². The van der Waals surface area contributed by atoms with Gasteiger partial charge in [-0.05, 0) is 30.3 Å². The number of rotatable bonds is 3. The van der Waals surface area contributed by atoms with Gasteiger partial charge in [-0.25, -0.2) is 14.2 Å². The average Bonchev–Trinajstić information content (AvgIpc) is 2.54. The van der Waals surface area contributed by atoms with Crippen LogP contribution in [0.25, 0.3) is 11.3 Å². The summed E-state index contributed by atoms with van der Waals surface area (Å²) < 4.78 is 55.9. The molecule has 0 aliphatic carbocycles. The normalized spacial score (nSPS) is 12.8. The SMILES string of the molecule is COC(=O)c1cc(-c2ccc(F)c(Cl)c2)nc(C(O)C(F)(F)F)c1. The van der Waals surface area contributed by atoms with Gasteiger partial charge >= 0.3 is 12.1 Å². The van der Waals surface area contributed by atoms with Crippen molar-refractivity contribution in [3.8, 4) is 11.3 Å². The first-order valence-electron chi connectivity index (χ1n) is 6.44. The van der Waals surface area contributed by atoms with Gasteiger partial charge in [0, 0.05) is 5.56 Å². The number of hydrogen-bond acceptors (Lipinski definition) is 4. The number of aromatic nitrogens is 1. The number of methoxy groups -OCH3 is 1. The molecule has 0 bridgehead atoms. The van der Waals surface area contributed by atoms with Gasteiger partial charge in [0.15, 0.2) is 6.10 Å². The van der Waals surface area contributed by atoms with Crippen molar-refractivity contribution in [3.63, 3.8) is 0 Å². The highest BCUT2D eigenvalue weighted by Crippen LogP contribution is 2.33. The summed E-state index contributed by atoms with van der Waals surface area (Å²) in [6.45, 7) is 0. The molecule has 0 spiro atoms. The van der Waals surface area contributed by atoms with E-state index < -0.39 is 29.8 Å². The van der Waals surface area contributed by atoms with Crippen LogP contribution in [0.5, 0.6) is 0 Å². The molecule has 24 heavy (non-hydrogen) atoms. The molecule has 0 saturated carbocycles. The van der Waals surface area contributed by atoms with Gasteiger partial charge in [0.05, 0.1) is 29.1 Å². The molecule has 1 aromatic carbocycles. The molecule has 0 fully saturated rings. The van der Waals surface area contributed by atoms with Gasteiger partial charge in [-0.2, -0.15) is 13.2 Å². The number of esters is 1. The summed E-state index contributed by atoms with van der Waals surface area (Å²) in [6, 6.07) is 5.31. The molecule has 2 rings (SSSR count). The summed E-state index contributed by atoms with van der Waals surface area (Å²) in [4.78, 5) is 15.3. The van der Waals surface area contributed by atoms with Crippen LogP contribution < -0.4 is 0 Å². The maximum atomic E-state index is 13.2. The Hall–Kier alpha value is -2.19. The van der Waals surface area contributed by atoms with Crippen molar-refractivity contribution >= 4 is 17.6 Å². The number of aliphatic hydroxyl groups is 1. The molecule has 1 atom stereocenters. The Kier molecular flexibility index (Phi) is 5.10. The summed E-state index contributed by atoms with van der Waals surface area (Å²) >= 11 is 5.64. The minimum absolute atomic E-state index is 0.0990. The molecule has 1 aromatic heterocycles. The van der Waals surface area contributed by atoms with Crippen molar-refractivity contribution in [1.29, 1.82) is 0 Å². The summed E-state index contributed by atoms with van der Waals surface area (Å²) in [5, 5.41) is 9.11. The summed E-state index contributed by atoms with van der Waals surface area (Å²) in [5.74, 6) is -1.64. The molecule has 1 unspecified atom stereocenters. The minimum atomic E-state index is -4.97. The van der Waals surface area contributed by atoms with Gasteiger partial charge in [-0.3, -0.25) is 0 Å². The number of hydrogen-bond donors (Lipinski definition) is 1. The van der Waals surface area contributed by atoms with E-state index >= 15 is 0 Å². The first-order valence-corrected chi connectivity index (χ1v) is 6.81. The van der Waals surface area contributed by atoms with Crippen LogP contribution in [-0.2, 0) is 4.74 Å². The molecule has 0 amide bonds. The van der Waals surface area contributed by atoms with Gasteiger partial charge in [0.2, 0.25) is 0 Å². The lowest BCUT2D eigenvalue weighted by molar-refractivity contribution is -0.207. The van der Waals surface area contributed by atoms with Crippen molar-refractivity contribution < 1.29 is 32.2 Å². The monoisotopic (exact) mass is 363 g/mol. The number of benzene rings is 1. The summed E-state index contributed by atoms with van der Waals surface area (Å²) in [7, 11) is 1.05. The highest BCUT2D eigenvalue weighted by atomic mass is 35.5. The predicted molar refractivity (Wildman–Crippen MR) is 77.0 cm³/mol. The second-order valence-electron chi connectivity index (χ2n) is 4.73. The Morgan fingerprint density at radius 2 is 1.96 bits per heavy atom. The number of alkyl halides is 3. The molecular weight excluding hydrogens is 354 g/mol. The van der Waals surface area contributed by atoms with Gasteiger partial charge < -0.3 is 9.84 Å². The van der Waals surface area contributed by atoms with Gasteiger partial charge in [-0.1, -0.05) is 11.6 Å². The van der Waals surface area contributed by atoms with Gasteiger partial charge in [-0.15, -0.1) is 0 Å². The van der Waals surface area contributed by atoms with E-state index in [1.807, 2.05) is 0 Å². The van der Waals surface area contributed by atoms with Crippen molar-refractivity contribution in [2.45, 2.75) is 12.3 Å². The van der Waals surface area contributed by atoms with E-state index in [0.29, 0.717) is 0 Å². The van der Waals surface area contributed by atoms with Crippen LogP contribution in [-0.4, -0.2) is 29.3 Å². The second-order valence-corrected chi connectivity index (χ2v) is 5.14. The number of carbonyl (C=O) groups excluding carboxylic acids is 1. The average molecular weight is 364 g/mol. The lowest BCUT2D eigenvalue weighted by atomic mass is 10.1. The first kappa shape index (κ1) is 18.2. The van der Waals surface area contributed by atoms with Crippen LogP contribution in [0.1, 0.15) is 22.2 Å². The van der Waals surface area contributed by atoms with Crippen molar-refractivity contribution in [1.82, 2.24) is 4.98 Å². The lowest BCUT2D eigenvalue weighted by Gasteiger charge is -2.16. The van der Waals surface area contributed by atoms with Crippen LogP contribution >= 0.6 is 11.6 Å². The topological polar surface area (TPSA) is 59.4 Å². The van der Waals surface area contributed by atoms with Gasteiger partial charge in [0.25, 0.3) is 0 Å². The number of nitrogens with zero attached hydrogens (tertiary/aromatic N) is 1. The highest BCUT2D eigenvalue weighted by Gasteiger charge is 2.41. The van der Waals surface area contributed by atoms with E-state index in [4.69, 9.17) is 11.6 Å². The standard InChI is InChI=1S/C15H10ClF4NO3/c1-24-14(23)8-5-11(7-2-3-10(17)9(16)4-7)21-12(6-8)13(22)15(18,19)20/h2-6,13,22H,1H3. The summed E-state index contributed by atoms with van der Waals surface area (Å²) in [5.41, 5.74) is -0.969. The number of carbonyl (C=O) groups is 1. The molecule has 4 nitrogen and oxygen atoms in total. The summed E-state index contributed by atoms with van der Waals surface area (Å²) in [6.07, 6.45) is -7.86. The molecule has 0 saturated heterocycles. The van der Waals surface area contributed by atoms with E-state index in [1.54, 1.807) is 0 Å². The van der Waals surface area contributed by atoms with Crippen LogP contribution in [0.2, 0.25) is 5.02 Å². The largest absolute Gasteiger partial charge is 0.465 e. The number of ether oxygens (including phenoxy) is 1. The molecule has 1 heterocycles. The Labute approximate surface area is 138 Å². The first-order chi connectivity index (χ1) is 11.1. The Morgan fingerprint density at radius 1 is 1.29 bits per heavy atom. The zero-order chi connectivity index (χ0) is 18.1. The van der Waals surface area contributed by atoms with E-state index in [2.05, 4.69) is 9.72 Å². The predicted octanol–water partition coefficient (Wildman–Crippen LogP) is 3.92. The number of pyridine rings is 1. The fourth-order valence-corrected chi connectivity index (χ4v) is 2.08. The molecule has 0 aliphatic rings. The fraction of sp³-hybridized carbons (Fsp3) is 0.200. The van der Waals surface area contributed by atoms with E-state index in [1.165, 1.54) is 6.07 Å². The number of aliphatic hydroxyl groups excluding tert-OH is 1. The smallest absolute Gasteiger partial charge is 0.420 e. The number of halogens is 5. The van der Waals surface area contributed by atoms with Crippen LogP contribution in [0.3, 0.4) is 0 Å². The molecule has 1 N–H and O–H groups in total. The fourth-order valence-electron chi connectivity index (χ4n) is 1.90. The van der Waals surface area contributed by atoms with Gasteiger partial charge in [0.1, 0.15) is 5.82 Å². The molecule has 0 radical (unpaired) electrons. The third-order valence-electron chi connectivity index (χ3n) is 3.07. The molecule has 128 valence electrons. The van der Waals surface area contributed by atoms with Crippen LogP contribution in [0, 0.1) is 5.82 Å². The second kappa shape index (κ2) is 6.74. The maximum Gasteiger partial charge on any atom is 0.420 e. The Balaban J connectivity index is 2.62. The van der Waals surface area contributed by atoms with Crippen molar-refractivity contribution in [3.05, 3.63) is 52.4 Å². The molecule has 2 aromatic rings. The van der Waals surface area contributed by atoms with E-state index in [9.17, 15) is 27.5 Å². The van der Waals surface area contributed by atoms with Crippen molar-refractivity contribution in [2.24, 2.45) is 0 Å². The maximum absolute atomic E-state index is 13.2. The minimum Gasteiger partial charge on any atom is -0.465 e. The molecule has 9 heteroatoms. The zero-order valence-corrected chi connectivity index (χ0v) is 12.8. The van der Waals surface area contributed by atoms with E-state index in [-0.39, 0.29) is 21.8 Å². The third kappa shape index (κ3) is 3.82. The molecule has 0 aliphatic heterocycles. The Morgan fingerprint density at radius 3 is 2.50 bits per heavy atom. The Bertz CT molecular complexity index is 780. The zero-order valence-electron chi connectivity index (χ0n) is 12.1. The lowest BCUT2D eigenvalue weighted by Crippen LogP contribution is -2.22. The van der Waals surface area contributed by atoms with E-state index in [0.717, 1.165) is 31.4 Å². The van der Waals surface area contributed by atoms with Crippen molar-refractivity contribution in [2.75, 3.05) is 7.11 Å². The molecular formula is C15H10ClF4NO3. The quantitative estimate of drug-likeness (QED) is 0.663. The van der Waals surface area contributed by atoms with Crippen LogP contribution in [0.4, 0.5) is 17.6 Å². The highest BCUT2D eigenvalue weighted by molar-refractivity contribution is 6.31. The third-order valence-corrected chi connectivity index (χ3v) is 3.36.